The van der Waals surface area contributed by atoms with Crippen molar-refractivity contribution in [1.82, 2.24) is 14.5 Å². The number of nitriles is 1. The lowest BCUT2D eigenvalue weighted by Gasteiger charge is -2.14. The van der Waals surface area contributed by atoms with Gasteiger partial charge in [0.05, 0.1) is 49.4 Å². The van der Waals surface area contributed by atoms with Gasteiger partial charge < -0.3 is 5.11 Å². The second kappa shape index (κ2) is 10.8. The van der Waals surface area contributed by atoms with Crippen LogP contribution in [-0.2, 0) is 12.7 Å². The van der Waals surface area contributed by atoms with Gasteiger partial charge in [0.1, 0.15) is 11.9 Å². The highest BCUT2D eigenvalue weighted by atomic mass is 35.5. The standard InChI is InChI=1S/C29H15Cl2F3N4O3S/c1-13-8-18(26-25(36-13)20(12-42-26)28(40)41)17-9-16(30)6-5-15(17)4-3-7-38-14(2)37-22-10-21(29(32,33)34)24(31)19(11-35)23(22)27(38)39/h5-6,8-10,12H,7H2,1-2H3,(H,40,41). The number of carboxylic acids is 1. The lowest BCUT2D eigenvalue weighted by molar-refractivity contribution is -0.137. The quantitative estimate of drug-likeness (QED) is 0.211. The molecule has 5 rings (SSSR count). The van der Waals surface area contributed by atoms with Crippen molar-refractivity contribution >= 4 is 61.6 Å². The molecule has 3 heterocycles. The summed E-state index contributed by atoms with van der Waals surface area (Å²) in [6.07, 6.45) is -4.85. The highest BCUT2D eigenvalue weighted by Crippen LogP contribution is 2.39. The SMILES string of the molecule is Cc1cc(-c2cc(Cl)ccc2C#CCn2c(C)nc3cc(C(F)(F)F)c(Cl)c(C#N)c3c2=O)c2scc(C(=O)O)c2n1. The van der Waals surface area contributed by atoms with Crippen molar-refractivity contribution in [2.45, 2.75) is 26.6 Å². The van der Waals surface area contributed by atoms with Crippen molar-refractivity contribution in [2.24, 2.45) is 0 Å². The Bertz CT molecular complexity index is 2140. The van der Waals surface area contributed by atoms with Crippen molar-refractivity contribution in [1.29, 1.82) is 5.26 Å². The van der Waals surface area contributed by atoms with Gasteiger partial charge in [-0.2, -0.15) is 18.4 Å². The van der Waals surface area contributed by atoms with Gasteiger partial charge in [0.15, 0.2) is 0 Å². The molecule has 0 aliphatic heterocycles. The van der Waals surface area contributed by atoms with Gasteiger partial charge >= 0.3 is 12.1 Å². The van der Waals surface area contributed by atoms with Crippen molar-refractivity contribution in [3.63, 3.8) is 0 Å². The molecule has 0 radical (unpaired) electrons. The Kier molecular flexibility index (Phi) is 7.46. The van der Waals surface area contributed by atoms with Gasteiger partial charge in [-0.25, -0.2) is 9.78 Å². The summed E-state index contributed by atoms with van der Waals surface area (Å²) in [4.78, 5) is 33.6. The number of hydrogen-bond acceptors (Lipinski definition) is 6. The molecule has 0 unspecified atom stereocenters. The maximum atomic E-state index is 13.5. The number of aromatic carboxylic acids is 1. The van der Waals surface area contributed by atoms with Crippen LogP contribution in [0.4, 0.5) is 13.2 Å². The molecule has 0 saturated carbocycles. The molecule has 0 saturated heterocycles. The summed E-state index contributed by atoms with van der Waals surface area (Å²) in [7, 11) is 0. The average Bonchev–Trinajstić information content (AvgIpc) is 3.34. The molecule has 210 valence electrons. The number of aromatic nitrogens is 3. The van der Waals surface area contributed by atoms with Gasteiger partial charge in [0, 0.05) is 32.8 Å². The number of alkyl halides is 3. The van der Waals surface area contributed by atoms with Crippen molar-refractivity contribution < 1.29 is 23.1 Å². The average molecular weight is 627 g/mol. The molecule has 0 aliphatic carbocycles. The zero-order valence-corrected chi connectivity index (χ0v) is 23.9. The predicted molar refractivity (Wildman–Crippen MR) is 154 cm³/mol. The number of rotatable bonds is 3. The van der Waals surface area contributed by atoms with E-state index in [0.717, 1.165) is 4.57 Å². The van der Waals surface area contributed by atoms with Crippen LogP contribution in [0.3, 0.4) is 0 Å². The van der Waals surface area contributed by atoms with Crippen LogP contribution in [0.1, 0.15) is 38.6 Å². The number of carbonyl (C=O) groups is 1. The van der Waals surface area contributed by atoms with Crippen LogP contribution in [0.5, 0.6) is 0 Å². The molecule has 0 bridgehead atoms. The largest absolute Gasteiger partial charge is 0.478 e. The van der Waals surface area contributed by atoms with Crippen LogP contribution in [0.2, 0.25) is 10.0 Å². The van der Waals surface area contributed by atoms with E-state index in [4.69, 9.17) is 23.2 Å². The molecule has 0 fully saturated rings. The molecule has 2 aromatic carbocycles. The Balaban J connectivity index is 1.63. The number of pyridine rings is 1. The topological polar surface area (TPSA) is 109 Å². The first kappa shape index (κ1) is 29.1. The summed E-state index contributed by atoms with van der Waals surface area (Å²) in [5.41, 5.74) is -0.124. The van der Waals surface area contributed by atoms with Crippen LogP contribution in [-0.4, -0.2) is 25.6 Å². The molecular formula is C29H15Cl2F3N4O3S. The number of thiophene rings is 1. The van der Waals surface area contributed by atoms with Crippen molar-refractivity contribution in [3.05, 3.63) is 89.9 Å². The number of hydrogen-bond donors (Lipinski definition) is 1. The van der Waals surface area contributed by atoms with E-state index in [-0.39, 0.29) is 28.8 Å². The minimum atomic E-state index is -4.85. The minimum absolute atomic E-state index is 0.0764. The number of halogens is 5. The summed E-state index contributed by atoms with van der Waals surface area (Å²) in [6, 6.07) is 9.05. The van der Waals surface area contributed by atoms with E-state index in [1.54, 1.807) is 37.3 Å². The number of nitrogens with zero attached hydrogens (tertiary/aromatic N) is 4. The van der Waals surface area contributed by atoms with E-state index in [2.05, 4.69) is 21.8 Å². The van der Waals surface area contributed by atoms with Gasteiger partial charge in [-0.3, -0.25) is 14.3 Å². The Morgan fingerprint density at radius 1 is 1.14 bits per heavy atom. The molecule has 5 aromatic rings. The second-order valence-corrected chi connectivity index (χ2v) is 10.8. The van der Waals surface area contributed by atoms with Crippen LogP contribution in [0.25, 0.3) is 32.2 Å². The molecule has 3 aromatic heterocycles. The maximum Gasteiger partial charge on any atom is 0.417 e. The third-order valence-corrected chi connectivity index (χ3v) is 8.04. The lowest BCUT2D eigenvalue weighted by atomic mass is 9.99. The van der Waals surface area contributed by atoms with E-state index in [0.29, 0.717) is 43.7 Å². The third-order valence-electron chi connectivity index (χ3n) is 6.41. The number of benzene rings is 2. The fourth-order valence-electron chi connectivity index (χ4n) is 4.51. The second-order valence-electron chi connectivity index (χ2n) is 9.10. The Morgan fingerprint density at radius 3 is 2.55 bits per heavy atom. The normalized spacial score (nSPS) is 11.4. The highest BCUT2D eigenvalue weighted by Gasteiger charge is 2.36. The van der Waals surface area contributed by atoms with Crippen molar-refractivity contribution in [2.75, 3.05) is 0 Å². The summed E-state index contributed by atoms with van der Waals surface area (Å²) in [6.45, 7) is 2.98. The monoisotopic (exact) mass is 626 g/mol. The summed E-state index contributed by atoms with van der Waals surface area (Å²) in [5.74, 6) is 4.89. The third kappa shape index (κ3) is 5.07. The number of carboxylic acid groups (broad SMARTS) is 1. The Labute approximate surface area is 249 Å². The Morgan fingerprint density at radius 2 is 1.88 bits per heavy atom. The van der Waals surface area contributed by atoms with Gasteiger partial charge in [-0.1, -0.05) is 35.0 Å². The van der Waals surface area contributed by atoms with E-state index < -0.39 is 33.9 Å². The molecular weight excluding hydrogens is 612 g/mol. The molecule has 0 atom stereocenters. The summed E-state index contributed by atoms with van der Waals surface area (Å²) >= 11 is 13.4. The molecule has 0 aliphatic rings. The molecule has 42 heavy (non-hydrogen) atoms. The molecule has 7 nitrogen and oxygen atoms in total. The predicted octanol–water partition coefficient (Wildman–Crippen LogP) is 7.24. The van der Waals surface area contributed by atoms with Crippen LogP contribution in [0.15, 0.2) is 40.5 Å². The molecule has 0 spiro atoms. The minimum Gasteiger partial charge on any atom is -0.478 e. The Hall–Kier alpha value is -4.42. The van der Waals surface area contributed by atoms with Gasteiger partial charge in [-0.05, 0) is 44.2 Å². The fraction of sp³-hybridized carbons (Fsp3) is 0.138. The number of aryl methyl sites for hydroxylation is 2. The first-order chi connectivity index (χ1) is 19.8. The van der Waals surface area contributed by atoms with Crippen LogP contribution in [0, 0.1) is 37.0 Å². The number of fused-ring (bicyclic) bond motifs is 2. The van der Waals surface area contributed by atoms with Gasteiger partial charge in [0.25, 0.3) is 5.56 Å². The van der Waals surface area contributed by atoms with Crippen molar-refractivity contribution in [3.8, 4) is 29.0 Å². The summed E-state index contributed by atoms with van der Waals surface area (Å²) in [5, 5.41) is 19.8. The molecule has 0 amide bonds. The van der Waals surface area contributed by atoms with Crippen LogP contribution >= 0.6 is 34.5 Å². The first-order valence-electron chi connectivity index (χ1n) is 11.9. The molecule has 1 N–H and O–H groups in total. The fourth-order valence-corrected chi connectivity index (χ4v) is 6.00. The lowest BCUT2D eigenvalue weighted by Crippen LogP contribution is -2.25. The van der Waals surface area contributed by atoms with Crippen LogP contribution < -0.4 is 5.56 Å². The smallest absolute Gasteiger partial charge is 0.417 e. The van der Waals surface area contributed by atoms with E-state index in [1.165, 1.54) is 23.6 Å². The summed E-state index contributed by atoms with van der Waals surface area (Å²) < 4.78 is 42.2. The zero-order chi connectivity index (χ0) is 30.5. The van der Waals surface area contributed by atoms with E-state index >= 15 is 0 Å². The van der Waals surface area contributed by atoms with Gasteiger partial charge in [0.2, 0.25) is 0 Å². The molecule has 13 heteroatoms. The van der Waals surface area contributed by atoms with Gasteiger partial charge in [-0.15, -0.1) is 11.3 Å². The maximum absolute atomic E-state index is 13.5. The first-order valence-corrected chi connectivity index (χ1v) is 13.6. The highest BCUT2D eigenvalue weighted by molar-refractivity contribution is 7.18. The van der Waals surface area contributed by atoms with E-state index in [9.17, 15) is 33.1 Å². The zero-order valence-electron chi connectivity index (χ0n) is 21.5. The van der Waals surface area contributed by atoms with E-state index in [1.807, 2.05) is 0 Å².